The van der Waals surface area contributed by atoms with Crippen molar-refractivity contribution in [3.8, 4) is 39.5 Å². The molecule has 188 valence electrons. The van der Waals surface area contributed by atoms with Crippen LogP contribution in [0.1, 0.15) is 15.9 Å². The number of rotatable bonds is 5. The molecule has 4 aromatic rings. The molecule has 1 aliphatic rings. The maximum atomic E-state index is 12.8. The quantitative estimate of drug-likeness (QED) is 0.326. The van der Waals surface area contributed by atoms with Crippen LogP contribution in [0.25, 0.3) is 33.6 Å². The molecular weight excluding hydrogens is 533 g/mol. The molecular formula is C27H21Cl2N3O4S. The van der Waals surface area contributed by atoms with Crippen molar-refractivity contribution in [3.63, 3.8) is 0 Å². The zero-order valence-electron chi connectivity index (χ0n) is 19.7. The number of fused-ring (bicyclic) bond motifs is 1. The van der Waals surface area contributed by atoms with Gasteiger partial charge in [0.25, 0.3) is 0 Å². The Bertz CT molecular complexity index is 1640. The first kappa shape index (κ1) is 25.4. The van der Waals surface area contributed by atoms with E-state index in [-0.39, 0.29) is 16.5 Å². The summed E-state index contributed by atoms with van der Waals surface area (Å²) in [6, 6.07) is 15.8. The van der Waals surface area contributed by atoms with Crippen molar-refractivity contribution < 1.29 is 17.9 Å². The fourth-order valence-electron chi connectivity index (χ4n) is 4.32. The van der Waals surface area contributed by atoms with Gasteiger partial charge in [-0.05, 0) is 29.8 Å². The largest absolute Gasteiger partial charge is 0.480 e. The lowest BCUT2D eigenvalue weighted by molar-refractivity contribution is 0.112. The predicted molar refractivity (Wildman–Crippen MR) is 144 cm³/mol. The summed E-state index contributed by atoms with van der Waals surface area (Å²) < 4.78 is 30.9. The highest BCUT2D eigenvalue weighted by atomic mass is 35.5. The number of ether oxygens (including phenoxy) is 1. The number of halogens is 2. The van der Waals surface area contributed by atoms with E-state index in [0.717, 1.165) is 0 Å². The molecule has 37 heavy (non-hydrogen) atoms. The second-order valence-corrected chi connectivity index (χ2v) is 11.3. The van der Waals surface area contributed by atoms with Crippen molar-refractivity contribution in [2.45, 2.75) is 11.4 Å². The fraction of sp³-hybridized carbons (Fsp3) is 0.148. The average molecular weight is 554 g/mol. The molecule has 0 amide bonds. The Morgan fingerprint density at radius 3 is 2.57 bits per heavy atom. The molecule has 1 N–H and O–H groups in total. The minimum absolute atomic E-state index is 0.0275. The van der Waals surface area contributed by atoms with Crippen molar-refractivity contribution in [1.29, 1.82) is 0 Å². The Labute approximate surface area is 224 Å². The molecule has 0 aliphatic carbocycles. The summed E-state index contributed by atoms with van der Waals surface area (Å²) in [6.45, 7) is 0.874. The molecule has 0 saturated carbocycles. The van der Waals surface area contributed by atoms with Gasteiger partial charge in [-0.1, -0.05) is 53.5 Å². The number of benzene rings is 2. The highest BCUT2D eigenvalue weighted by Gasteiger charge is 2.24. The number of nitrogens with zero attached hydrogens (tertiary/aromatic N) is 2. The van der Waals surface area contributed by atoms with E-state index in [1.807, 2.05) is 24.3 Å². The normalized spacial score (nSPS) is 14.5. The number of carbonyl (C=O) groups excluding carboxylic acids is 1. The maximum absolute atomic E-state index is 12.8. The molecule has 1 aliphatic heterocycles. The van der Waals surface area contributed by atoms with Crippen LogP contribution in [0.5, 0.6) is 5.88 Å². The molecule has 0 atom stereocenters. The first-order valence-corrected chi connectivity index (χ1v) is 13.8. The van der Waals surface area contributed by atoms with Crippen LogP contribution >= 0.6 is 23.2 Å². The van der Waals surface area contributed by atoms with Crippen molar-refractivity contribution in [2.24, 2.45) is 0 Å². The molecule has 2 aromatic heterocycles. The summed E-state index contributed by atoms with van der Waals surface area (Å²) in [5.74, 6) is 0.228. The summed E-state index contributed by atoms with van der Waals surface area (Å²) in [5.41, 5.74) is 4.54. The van der Waals surface area contributed by atoms with Gasteiger partial charge >= 0.3 is 0 Å². The van der Waals surface area contributed by atoms with Crippen molar-refractivity contribution in [3.05, 3.63) is 82.0 Å². The Morgan fingerprint density at radius 2 is 1.78 bits per heavy atom. The minimum atomic E-state index is -3.43. The predicted octanol–water partition coefficient (Wildman–Crippen LogP) is 5.48. The third-order valence-corrected chi connectivity index (χ3v) is 8.78. The van der Waals surface area contributed by atoms with Crippen LogP contribution in [0.2, 0.25) is 10.0 Å². The number of methoxy groups -OCH3 is 1. The first-order valence-electron chi connectivity index (χ1n) is 11.3. The van der Waals surface area contributed by atoms with Crippen LogP contribution in [0.3, 0.4) is 0 Å². The zero-order chi connectivity index (χ0) is 26.2. The molecule has 3 heterocycles. The van der Waals surface area contributed by atoms with Crippen molar-refractivity contribution >= 4 is 39.3 Å². The van der Waals surface area contributed by atoms with Crippen LogP contribution in [0.15, 0.2) is 65.7 Å². The van der Waals surface area contributed by atoms with Gasteiger partial charge < -0.3 is 10.1 Å². The van der Waals surface area contributed by atoms with Gasteiger partial charge in [0.05, 0.1) is 44.8 Å². The average Bonchev–Trinajstić information content (AvgIpc) is 3.06. The van der Waals surface area contributed by atoms with Gasteiger partial charge in [-0.25, -0.2) is 13.4 Å². The monoisotopic (exact) mass is 553 g/mol. The van der Waals surface area contributed by atoms with Gasteiger partial charge in [0.15, 0.2) is 16.1 Å². The number of aldehydes is 1. The third-order valence-electron chi connectivity index (χ3n) is 6.20. The Morgan fingerprint density at radius 1 is 1.00 bits per heavy atom. The van der Waals surface area contributed by atoms with Crippen LogP contribution in [0.4, 0.5) is 0 Å². The highest BCUT2D eigenvalue weighted by Crippen LogP contribution is 2.42. The summed E-state index contributed by atoms with van der Waals surface area (Å²) in [4.78, 5) is 20.4. The van der Waals surface area contributed by atoms with Crippen LogP contribution in [-0.4, -0.2) is 44.1 Å². The molecule has 2 aromatic carbocycles. The number of hydrogen-bond donors (Lipinski definition) is 1. The molecule has 5 rings (SSSR count). The van der Waals surface area contributed by atoms with E-state index < -0.39 is 9.84 Å². The first-order chi connectivity index (χ1) is 17.8. The molecule has 7 nitrogen and oxygen atoms in total. The van der Waals surface area contributed by atoms with Crippen molar-refractivity contribution in [2.75, 3.05) is 19.4 Å². The lowest BCUT2D eigenvalue weighted by Crippen LogP contribution is -2.17. The minimum Gasteiger partial charge on any atom is -0.480 e. The van der Waals surface area contributed by atoms with Gasteiger partial charge in [-0.15, -0.1) is 0 Å². The molecule has 0 bridgehead atoms. The standard InChI is InChI=1S/C27H21Cl2N3O4S/c1-36-27-18(15-33)7-8-22(32-27)21-4-2-3-19(24(21)28)20-9-10-31-26(25(20)29)16-5-6-17-14-30-11-12-37(34,35)23(17)13-16/h2-10,13,15,30H,11-12,14H2,1H3. The van der Waals surface area contributed by atoms with Crippen LogP contribution in [-0.2, 0) is 16.4 Å². The fourth-order valence-corrected chi connectivity index (χ4v) is 6.45. The van der Waals surface area contributed by atoms with Gasteiger partial charge in [-0.3, -0.25) is 9.78 Å². The molecule has 0 spiro atoms. The van der Waals surface area contributed by atoms with E-state index in [0.29, 0.717) is 74.2 Å². The summed E-state index contributed by atoms with van der Waals surface area (Å²) >= 11 is 13.7. The number of pyridine rings is 2. The highest BCUT2D eigenvalue weighted by molar-refractivity contribution is 7.91. The molecule has 0 radical (unpaired) electrons. The zero-order valence-corrected chi connectivity index (χ0v) is 22.0. The summed E-state index contributed by atoms with van der Waals surface area (Å²) in [5, 5.41) is 3.88. The third kappa shape index (κ3) is 4.73. The smallest absolute Gasteiger partial charge is 0.224 e. The lowest BCUT2D eigenvalue weighted by Gasteiger charge is -2.14. The van der Waals surface area contributed by atoms with Gasteiger partial charge in [0.2, 0.25) is 5.88 Å². The van der Waals surface area contributed by atoms with Crippen LogP contribution < -0.4 is 10.1 Å². The van der Waals surface area contributed by atoms with E-state index >= 15 is 0 Å². The lowest BCUT2D eigenvalue weighted by atomic mass is 9.99. The van der Waals surface area contributed by atoms with E-state index in [9.17, 15) is 13.2 Å². The van der Waals surface area contributed by atoms with Gasteiger partial charge in [0.1, 0.15) is 0 Å². The summed E-state index contributed by atoms with van der Waals surface area (Å²) in [6.07, 6.45) is 2.29. The second-order valence-electron chi connectivity index (χ2n) is 8.42. The molecule has 0 saturated heterocycles. The molecule has 0 fully saturated rings. The molecule has 10 heteroatoms. The second kappa shape index (κ2) is 10.2. The number of nitrogens with one attached hydrogen (secondary N) is 1. The van der Waals surface area contributed by atoms with E-state index in [1.54, 1.807) is 36.5 Å². The SMILES string of the molecule is COc1nc(-c2cccc(-c3ccnc(-c4ccc5c(c4)S(=O)(=O)CCNC5)c3Cl)c2Cl)ccc1C=O. The number of carbonyl (C=O) groups is 1. The molecule has 0 unspecified atom stereocenters. The maximum Gasteiger partial charge on any atom is 0.224 e. The topological polar surface area (TPSA) is 98.2 Å². The van der Waals surface area contributed by atoms with E-state index in [1.165, 1.54) is 7.11 Å². The van der Waals surface area contributed by atoms with Gasteiger partial charge in [-0.2, -0.15) is 0 Å². The number of sulfone groups is 1. The van der Waals surface area contributed by atoms with Gasteiger partial charge in [0, 0.05) is 41.5 Å². The Kier molecular flexibility index (Phi) is 7.00. The number of hydrogen-bond acceptors (Lipinski definition) is 7. The van der Waals surface area contributed by atoms with Crippen LogP contribution in [0, 0.1) is 0 Å². The van der Waals surface area contributed by atoms with Crippen molar-refractivity contribution in [1.82, 2.24) is 15.3 Å². The Hall–Kier alpha value is -3.30. The summed E-state index contributed by atoms with van der Waals surface area (Å²) in [7, 11) is -1.99. The number of aromatic nitrogens is 2. The van der Waals surface area contributed by atoms with E-state index in [2.05, 4.69) is 15.3 Å². The Balaban J connectivity index is 1.61. The van der Waals surface area contributed by atoms with E-state index in [4.69, 9.17) is 27.9 Å².